The molecule has 0 radical (unpaired) electrons. The fourth-order valence-corrected chi connectivity index (χ4v) is 4.71. The van der Waals surface area contributed by atoms with E-state index in [1.807, 2.05) is 0 Å². The highest BCUT2D eigenvalue weighted by Crippen LogP contribution is 2.40. The minimum absolute atomic E-state index is 0.0701. The number of hydrogen-bond donors (Lipinski definition) is 0. The van der Waals surface area contributed by atoms with Gasteiger partial charge in [0.15, 0.2) is 9.84 Å². The summed E-state index contributed by atoms with van der Waals surface area (Å²) in [7, 11) is -3.76. The van der Waals surface area contributed by atoms with Crippen molar-refractivity contribution in [1.82, 2.24) is 0 Å². The van der Waals surface area contributed by atoms with Crippen LogP contribution in [0.2, 0.25) is 0 Å². The first-order chi connectivity index (χ1) is 10.3. The van der Waals surface area contributed by atoms with Crippen molar-refractivity contribution in [2.45, 2.75) is 48.1 Å². The minimum atomic E-state index is -4.54. The summed E-state index contributed by atoms with van der Waals surface area (Å²) in [4.78, 5) is -0.247. The molecule has 1 saturated heterocycles. The molecule has 0 aromatic heterocycles. The molecule has 0 N–H and O–H groups in total. The van der Waals surface area contributed by atoms with Gasteiger partial charge in [-0.3, -0.25) is 0 Å². The highest BCUT2D eigenvalue weighted by atomic mass is 32.2. The van der Waals surface area contributed by atoms with Gasteiger partial charge in [0.25, 0.3) is 0 Å². The molecule has 22 heavy (non-hydrogen) atoms. The molecule has 3 nitrogen and oxygen atoms in total. The lowest BCUT2D eigenvalue weighted by atomic mass is 10.1. The zero-order valence-corrected chi connectivity index (χ0v) is 12.7. The van der Waals surface area contributed by atoms with E-state index in [9.17, 15) is 21.6 Å². The van der Waals surface area contributed by atoms with Gasteiger partial charge in [0.05, 0.1) is 21.8 Å². The Labute approximate surface area is 127 Å². The molecule has 7 heteroatoms. The molecule has 2 atom stereocenters. The van der Waals surface area contributed by atoms with Crippen LogP contribution in [0, 0.1) is 5.92 Å². The van der Waals surface area contributed by atoms with Crippen molar-refractivity contribution in [1.29, 1.82) is 0 Å². The van der Waals surface area contributed by atoms with Gasteiger partial charge >= 0.3 is 6.18 Å². The first kappa shape index (κ1) is 15.8. The number of halogens is 3. The summed E-state index contributed by atoms with van der Waals surface area (Å²) in [6.07, 6.45) is -1.82. The first-order valence-electron chi connectivity index (χ1n) is 7.31. The summed E-state index contributed by atoms with van der Waals surface area (Å²) in [6, 6.07) is 4.01. The Morgan fingerprint density at radius 2 is 1.86 bits per heavy atom. The maximum Gasteiger partial charge on any atom is 0.416 e. The molecule has 1 aromatic carbocycles. The molecular formula is C15H17F3O3S. The van der Waals surface area contributed by atoms with E-state index in [4.69, 9.17) is 4.74 Å². The highest BCUT2D eigenvalue weighted by Gasteiger charge is 2.41. The lowest BCUT2D eigenvalue weighted by molar-refractivity contribution is -0.137. The molecule has 2 fully saturated rings. The molecule has 1 aliphatic carbocycles. The second kappa shape index (κ2) is 5.53. The largest absolute Gasteiger partial charge is 0.416 e. The summed E-state index contributed by atoms with van der Waals surface area (Å²) in [5, 5.41) is -0.657. The molecule has 3 rings (SSSR count). The number of alkyl halides is 3. The van der Waals surface area contributed by atoms with E-state index in [2.05, 4.69) is 0 Å². The maximum absolute atomic E-state index is 12.8. The van der Waals surface area contributed by atoms with E-state index in [1.165, 1.54) is 6.07 Å². The van der Waals surface area contributed by atoms with Crippen molar-refractivity contribution in [3.05, 3.63) is 29.8 Å². The van der Waals surface area contributed by atoms with Crippen LogP contribution in [0.3, 0.4) is 0 Å². The fraction of sp³-hybridized carbons (Fsp3) is 0.600. The summed E-state index contributed by atoms with van der Waals surface area (Å²) < 4.78 is 69.1. The quantitative estimate of drug-likeness (QED) is 0.850. The van der Waals surface area contributed by atoms with E-state index < -0.39 is 26.8 Å². The number of hydrogen-bond acceptors (Lipinski definition) is 3. The van der Waals surface area contributed by atoms with Crippen molar-refractivity contribution in [2.24, 2.45) is 5.92 Å². The molecule has 2 aliphatic rings. The number of benzene rings is 1. The third-order valence-electron chi connectivity index (χ3n) is 4.34. The van der Waals surface area contributed by atoms with Gasteiger partial charge in [0, 0.05) is 6.61 Å². The molecule has 1 saturated carbocycles. The second-order valence-corrected chi connectivity index (χ2v) is 8.19. The van der Waals surface area contributed by atoms with Crippen molar-refractivity contribution in [2.75, 3.05) is 6.61 Å². The van der Waals surface area contributed by atoms with Crippen LogP contribution < -0.4 is 0 Å². The average molecular weight is 334 g/mol. The predicted octanol–water partition coefficient (Wildman–Crippen LogP) is 3.44. The Morgan fingerprint density at radius 1 is 1.14 bits per heavy atom. The molecule has 1 aromatic rings. The van der Waals surface area contributed by atoms with E-state index in [0.717, 1.165) is 31.0 Å². The summed E-state index contributed by atoms with van der Waals surface area (Å²) in [6.45, 7) is 0.351. The molecule has 0 bridgehead atoms. The Morgan fingerprint density at radius 3 is 2.50 bits per heavy atom. The maximum atomic E-state index is 12.8. The van der Waals surface area contributed by atoms with Gasteiger partial charge in [0.2, 0.25) is 0 Å². The lowest BCUT2D eigenvalue weighted by Gasteiger charge is -2.29. The highest BCUT2D eigenvalue weighted by molar-refractivity contribution is 7.92. The number of sulfone groups is 1. The number of rotatable bonds is 3. The van der Waals surface area contributed by atoms with Crippen molar-refractivity contribution in [3.8, 4) is 0 Å². The average Bonchev–Trinajstić information content (AvgIpc) is 3.31. The SMILES string of the molecule is O=S(=O)(c1cccc(C(F)(F)F)c1)C1CCOC(C2CC2)C1. The van der Waals surface area contributed by atoms with Crippen LogP contribution in [-0.4, -0.2) is 26.4 Å². The smallest absolute Gasteiger partial charge is 0.378 e. The van der Waals surface area contributed by atoms with Gasteiger partial charge < -0.3 is 4.74 Å². The van der Waals surface area contributed by atoms with E-state index >= 15 is 0 Å². The van der Waals surface area contributed by atoms with Gasteiger partial charge in [-0.1, -0.05) is 6.07 Å². The van der Waals surface area contributed by atoms with Gasteiger partial charge in [-0.15, -0.1) is 0 Å². The molecule has 122 valence electrons. The third kappa shape index (κ3) is 3.15. The van der Waals surface area contributed by atoms with Crippen molar-refractivity contribution < 1.29 is 26.3 Å². The Bertz CT molecular complexity index is 650. The van der Waals surface area contributed by atoms with Crippen LogP contribution in [0.15, 0.2) is 29.2 Å². The predicted molar refractivity (Wildman–Crippen MR) is 74.1 cm³/mol. The first-order valence-corrected chi connectivity index (χ1v) is 8.86. The van der Waals surface area contributed by atoms with E-state index in [1.54, 1.807) is 0 Å². The van der Waals surface area contributed by atoms with Crippen molar-refractivity contribution in [3.63, 3.8) is 0 Å². The number of ether oxygens (including phenoxy) is 1. The molecule has 1 aliphatic heterocycles. The van der Waals surface area contributed by atoms with Crippen LogP contribution >= 0.6 is 0 Å². The normalized spacial score (nSPS) is 26.9. The van der Waals surface area contributed by atoms with Crippen LogP contribution in [0.25, 0.3) is 0 Å². The van der Waals surface area contributed by atoms with Crippen LogP contribution in [0.4, 0.5) is 13.2 Å². The second-order valence-electron chi connectivity index (χ2n) is 5.96. The van der Waals surface area contributed by atoms with E-state index in [0.29, 0.717) is 25.4 Å². The Hall–Kier alpha value is -1.08. The zero-order valence-electron chi connectivity index (χ0n) is 11.8. The molecule has 2 unspecified atom stereocenters. The Balaban J connectivity index is 1.86. The topological polar surface area (TPSA) is 43.4 Å². The molecule has 0 spiro atoms. The third-order valence-corrected chi connectivity index (χ3v) is 6.56. The standard InChI is InChI=1S/C15H17F3O3S/c16-15(17,18)11-2-1-3-12(8-11)22(19,20)13-6-7-21-14(9-13)10-4-5-10/h1-3,8,10,13-14H,4-7,9H2. The minimum Gasteiger partial charge on any atom is -0.378 e. The molecular weight excluding hydrogens is 317 g/mol. The molecule has 1 heterocycles. The molecule has 0 amide bonds. The van der Waals surface area contributed by atoms with Crippen LogP contribution in [0.5, 0.6) is 0 Å². The lowest BCUT2D eigenvalue weighted by Crippen LogP contribution is -2.35. The van der Waals surface area contributed by atoms with Gasteiger partial charge in [-0.25, -0.2) is 8.42 Å². The van der Waals surface area contributed by atoms with Crippen LogP contribution in [0.1, 0.15) is 31.2 Å². The Kier molecular flexibility index (Phi) is 3.97. The summed E-state index contributed by atoms with van der Waals surface area (Å²) >= 11 is 0. The fourth-order valence-electron chi connectivity index (χ4n) is 2.92. The summed E-state index contributed by atoms with van der Waals surface area (Å²) in [5.74, 6) is 0.416. The summed E-state index contributed by atoms with van der Waals surface area (Å²) in [5.41, 5.74) is -0.931. The van der Waals surface area contributed by atoms with Crippen LogP contribution in [-0.2, 0) is 20.8 Å². The zero-order chi connectivity index (χ0) is 16.0. The van der Waals surface area contributed by atoms with Gasteiger partial charge in [0.1, 0.15) is 0 Å². The monoisotopic (exact) mass is 334 g/mol. The van der Waals surface area contributed by atoms with E-state index in [-0.39, 0.29) is 11.0 Å². The van der Waals surface area contributed by atoms with Gasteiger partial charge in [-0.05, 0) is 49.8 Å². The van der Waals surface area contributed by atoms with Gasteiger partial charge in [-0.2, -0.15) is 13.2 Å². The van der Waals surface area contributed by atoms with Crippen molar-refractivity contribution >= 4 is 9.84 Å².